The number of aryl methyl sites for hydroxylation is 2. The van der Waals surface area contributed by atoms with E-state index in [1.54, 1.807) is 34.1 Å². The molecule has 0 aliphatic carbocycles. The van der Waals surface area contributed by atoms with Crippen molar-refractivity contribution in [3.63, 3.8) is 0 Å². The summed E-state index contributed by atoms with van der Waals surface area (Å²) < 4.78 is 43.0. The summed E-state index contributed by atoms with van der Waals surface area (Å²) in [6.45, 7) is 3.20. The Hall–Kier alpha value is -3.70. The number of ether oxygens (including phenoxy) is 2. The van der Waals surface area contributed by atoms with Gasteiger partial charge in [0, 0.05) is 33.0 Å². The fourth-order valence-electron chi connectivity index (χ4n) is 5.52. The lowest BCUT2D eigenvalue weighted by Gasteiger charge is -2.24. The van der Waals surface area contributed by atoms with Crippen LogP contribution < -0.4 is 5.32 Å². The van der Waals surface area contributed by atoms with E-state index >= 15 is 0 Å². The molecule has 262 valence electrons. The molecule has 3 aromatic carbocycles. The van der Waals surface area contributed by atoms with Crippen LogP contribution in [-0.4, -0.2) is 56.9 Å². The van der Waals surface area contributed by atoms with E-state index in [-0.39, 0.29) is 52.6 Å². The Labute approximate surface area is 286 Å². The smallest absolute Gasteiger partial charge is 0.296 e. The van der Waals surface area contributed by atoms with Crippen molar-refractivity contribution < 1.29 is 36.8 Å². The molecule has 0 spiro atoms. The lowest BCUT2D eigenvalue weighted by molar-refractivity contribution is -0.126. The highest BCUT2D eigenvalue weighted by Gasteiger charge is 2.25. The van der Waals surface area contributed by atoms with Crippen molar-refractivity contribution in [1.82, 2.24) is 0 Å². The highest BCUT2D eigenvalue weighted by atomic mass is 32.2. The van der Waals surface area contributed by atoms with E-state index in [1.165, 1.54) is 29.3 Å². The van der Waals surface area contributed by atoms with Gasteiger partial charge in [-0.05, 0) is 75.6 Å². The van der Waals surface area contributed by atoms with Crippen LogP contribution in [0.1, 0.15) is 76.3 Å². The molecule has 0 aromatic heterocycles. The van der Waals surface area contributed by atoms with E-state index in [2.05, 4.69) is 29.6 Å². The number of hydrogen-bond acceptors (Lipinski definition) is 7. The molecule has 0 aliphatic heterocycles. The van der Waals surface area contributed by atoms with Crippen LogP contribution >= 0.6 is 0 Å². The van der Waals surface area contributed by atoms with Crippen LogP contribution in [0.15, 0.2) is 89.8 Å². The van der Waals surface area contributed by atoms with Crippen LogP contribution in [0.4, 0.5) is 5.69 Å². The van der Waals surface area contributed by atoms with E-state index < -0.39 is 10.1 Å². The maximum Gasteiger partial charge on any atom is 0.296 e. The first kappa shape index (κ1) is 40.5. The largest absolute Gasteiger partial charge is 0.381 e. The van der Waals surface area contributed by atoms with Crippen LogP contribution in [0, 0.1) is 5.92 Å². The molecule has 0 saturated carbocycles. The Kier molecular flexibility index (Phi) is 18.6. The van der Waals surface area contributed by atoms with Gasteiger partial charge in [0.2, 0.25) is 5.91 Å². The molecule has 9 nitrogen and oxygen atoms in total. The Balaban J connectivity index is 0.000000444. The molecule has 48 heavy (non-hydrogen) atoms. The van der Waals surface area contributed by atoms with Crippen molar-refractivity contribution in [1.29, 1.82) is 0 Å². The van der Waals surface area contributed by atoms with Crippen molar-refractivity contribution in [3.05, 3.63) is 96.1 Å². The first-order valence-electron chi connectivity index (χ1n) is 16.4. The zero-order chi connectivity index (χ0) is 35.4. The summed E-state index contributed by atoms with van der Waals surface area (Å²) >= 11 is 0. The third kappa shape index (κ3) is 15.9. The average molecular weight is 682 g/mol. The number of rotatable bonds is 20. The minimum Gasteiger partial charge on any atom is -0.381 e. The molecular formula is C38H51NO8S. The topological polar surface area (TPSA) is 136 Å². The van der Waals surface area contributed by atoms with Crippen molar-refractivity contribution in [2.75, 3.05) is 19.5 Å². The minimum atomic E-state index is -4.42. The molecule has 10 heteroatoms. The van der Waals surface area contributed by atoms with Gasteiger partial charge in [0.15, 0.2) is 0 Å². The van der Waals surface area contributed by atoms with E-state index in [0.717, 1.165) is 38.5 Å². The van der Waals surface area contributed by atoms with Gasteiger partial charge >= 0.3 is 0 Å². The van der Waals surface area contributed by atoms with Gasteiger partial charge in [0.05, 0.1) is 17.9 Å². The molecule has 0 aliphatic rings. The lowest BCUT2D eigenvalue weighted by atomic mass is 9.88. The molecule has 0 heterocycles. The van der Waals surface area contributed by atoms with Crippen LogP contribution in [0.3, 0.4) is 0 Å². The molecular weight excluding hydrogens is 630 g/mol. The molecule has 3 unspecified atom stereocenters. The zero-order valence-electron chi connectivity index (χ0n) is 28.6. The summed E-state index contributed by atoms with van der Waals surface area (Å²) in [5.74, 6) is -0.217. The maximum absolute atomic E-state index is 12.2. The molecule has 0 radical (unpaired) electrons. The first-order chi connectivity index (χ1) is 22.9. The number of carbonyl (C=O) groups is 3. The Morgan fingerprint density at radius 1 is 0.729 bits per heavy atom. The summed E-state index contributed by atoms with van der Waals surface area (Å²) in [6, 6.07) is 26.1. The highest BCUT2D eigenvalue weighted by Crippen LogP contribution is 2.23. The number of Topliss-reactive ketones (excluding diaryl/α,β-unsaturated/α-hetero) is 2. The normalized spacial score (nSPS) is 13.0. The van der Waals surface area contributed by atoms with E-state index in [0.29, 0.717) is 19.3 Å². The van der Waals surface area contributed by atoms with Crippen molar-refractivity contribution >= 4 is 33.3 Å². The number of anilines is 1. The number of benzene rings is 3. The summed E-state index contributed by atoms with van der Waals surface area (Å²) in [5, 5.41) is 2.54. The Morgan fingerprint density at radius 2 is 1.29 bits per heavy atom. The molecule has 3 atom stereocenters. The van der Waals surface area contributed by atoms with Crippen molar-refractivity contribution in [3.8, 4) is 0 Å². The number of amides is 1. The second-order valence-electron chi connectivity index (χ2n) is 11.9. The van der Waals surface area contributed by atoms with Crippen LogP contribution in [0.5, 0.6) is 0 Å². The molecule has 3 rings (SSSR count). The lowest BCUT2D eigenvalue weighted by Crippen LogP contribution is -2.29. The van der Waals surface area contributed by atoms with Gasteiger partial charge in [0.25, 0.3) is 10.1 Å². The van der Waals surface area contributed by atoms with Gasteiger partial charge in [-0.25, -0.2) is 0 Å². The van der Waals surface area contributed by atoms with Crippen molar-refractivity contribution in [2.24, 2.45) is 5.92 Å². The monoisotopic (exact) mass is 681 g/mol. The quantitative estimate of drug-likeness (QED) is 0.0938. The standard InChI is InChI=1S/C25H33NO6S.C13H18O2/c1-19(27)21(23(32-2)18-17-20-11-5-3-6-12-20)13-7-4-8-16-25(28)26-22-14-9-10-15-24(22)33(29,30)31;1-11(14)10-13(15-2)9-8-12-6-4-3-5-7-12/h3,5-6,9-12,14-15,21,23H,4,7-8,13,16-18H2,1-2H3,(H,26,28)(H,29,30,31);3-7,13H,8-10H2,1-2H3. The van der Waals surface area contributed by atoms with Crippen LogP contribution in [0.25, 0.3) is 0 Å². The van der Waals surface area contributed by atoms with Gasteiger partial charge < -0.3 is 14.8 Å². The average Bonchev–Trinajstić information content (AvgIpc) is 3.06. The maximum atomic E-state index is 12.2. The summed E-state index contributed by atoms with van der Waals surface area (Å²) in [5.41, 5.74) is 2.56. The third-order valence-electron chi connectivity index (χ3n) is 8.14. The van der Waals surface area contributed by atoms with Gasteiger partial charge in [0.1, 0.15) is 16.5 Å². The Bertz CT molecular complexity index is 1500. The predicted octanol–water partition coefficient (Wildman–Crippen LogP) is 7.29. The summed E-state index contributed by atoms with van der Waals surface area (Å²) in [4.78, 5) is 35.1. The second-order valence-corrected chi connectivity index (χ2v) is 13.3. The fourth-order valence-corrected chi connectivity index (χ4v) is 6.17. The number of hydrogen-bond donors (Lipinski definition) is 2. The van der Waals surface area contributed by atoms with Crippen LogP contribution in [-0.2, 0) is 46.8 Å². The minimum absolute atomic E-state index is 0.0581. The van der Waals surface area contributed by atoms with Gasteiger partial charge in [-0.15, -0.1) is 0 Å². The first-order valence-corrected chi connectivity index (χ1v) is 17.9. The number of para-hydroxylation sites is 1. The number of nitrogens with one attached hydrogen (secondary N) is 1. The zero-order valence-corrected chi connectivity index (χ0v) is 29.4. The molecule has 0 saturated heterocycles. The second kappa shape index (κ2) is 22.0. The van der Waals surface area contributed by atoms with Gasteiger partial charge in [-0.3, -0.25) is 18.9 Å². The van der Waals surface area contributed by atoms with Gasteiger partial charge in [-0.2, -0.15) is 8.42 Å². The molecule has 3 aromatic rings. The predicted molar refractivity (Wildman–Crippen MR) is 189 cm³/mol. The van der Waals surface area contributed by atoms with Gasteiger partial charge in [-0.1, -0.05) is 85.6 Å². The highest BCUT2D eigenvalue weighted by molar-refractivity contribution is 7.86. The van der Waals surface area contributed by atoms with E-state index in [4.69, 9.17) is 9.47 Å². The number of carbonyl (C=O) groups excluding carboxylic acids is 3. The number of methoxy groups -OCH3 is 2. The van der Waals surface area contributed by atoms with E-state index in [1.807, 2.05) is 36.4 Å². The molecule has 1 amide bonds. The summed E-state index contributed by atoms with van der Waals surface area (Å²) in [7, 11) is -1.11. The van der Waals surface area contributed by atoms with E-state index in [9.17, 15) is 27.4 Å². The number of ketones is 2. The number of unbranched alkanes of at least 4 members (excludes halogenated alkanes) is 2. The van der Waals surface area contributed by atoms with Crippen molar-refractivity contribution in [2.45, 2.75) is 95.2 Å². The molecule has 2 N–H and O–H groups in total. The third-order valence-corrected chi connectivity index (χ3v) is 9.05. The van der Waals surface area contributed by atoms with Crippen LogP contribution in [0.2, 0.25) is 0 Å². The summed E-state index contributed by atoms with van der Waals surface area (Å²) in [6.07, 6.45) is 6.95. The Morgan fingerprint density at radius 3 is 1.81 bits per heavy atom. The fraction of sp³-hybridized carbons (Fsp3) is 0.447. The SMILES string of the molecule is COC(CCc1ccccc1)C(CCCCCC(=O)Nc1ccccc1S(=O)(=O)O)C(C)=O.COC(CCc1ccccc1)CC(C)=O. The molecule has 0 fully saturated rings. The molecule has 0 bridgehead atoms.